The highest BCUT2D eigenvalue weighted by Gasteiger charge is 2.32. The Balaban J connectivity index is 2.27. The Morgan fingerprint density at radius 3 is 2.44 bits per heavy atom. The molecule has 1 aromatic heterocycles. The average molecular weight is 390 g/mol. The first-order valence-electron chi connectivity index (χ1n) is 8.29. The van der Waals surface area contributed by atoms with Gasteiger partial charge in [-0.25, -0.2) is 8.42 Å². The number of furan rings is 1. The molecule has 0 aliphatic carbocycles. The van der Waals surface area contributed by atoms with Crippen molar-refractivity contribution in [1.29, 1.82) is 0 Å². The van der Waals surface area contributed by atoms with E-state index in [9.17, 15) is 18.0 Å². The van der Waals surface area contributed by atoms with E-state index in [4.69, 9.17) is 4.42 Å². The van der Waals surface area contributed by atoms with Crippen LogP contribution in [0.2, 0.25) is 0 Å². The van der Waals surface area contributed by atoms with E-state index in [1.54, 1.807) is 18.2 Å². The molecule has 0 aliphatic rings. The topological polar surface area (TPSA) is 105 Å². The summed E-state index contributed by atoms with van der Waals surface area (Å²) in [4.78, 5) is 23.7. The summed E-state index contributed by atoms with van der Waals surface area (Å²) < 4.78 is 31.5. The fraction of sp³-hybridized carbons (Fsp3) is 0.263. The number of rotatable bonds is 7. The van der Waals surface area contributed by atoms with Crippen LogP contribution in [0.15, 0.2) is 58.6 Å². The lowest BCUT2D eigenvalue weighted by Gasteiger charge is -2.17. The monoisotopic (exact) mass is 390 g/mol. The third kappa shape index (κ3) is 4.85. The molecule has 1 atom stereocenters. The molecule has 0 spiro atoms. The first-order chi connectivity index (χ1) is 12.8. The molecule has 0 saturated carbocycles. The van der Waals surface area contributed by atoms with Crippen molar-refractivity contribution >= 4 is 21.7 Å². The molecule has 27 heavy (non-hydrogen) atoms. The zero-order valence-corrected chi connectivity index (χ0v) is 16.0. The maximum Gasteiger partial charge on any atom is 0.309 e. The molecule has 8 heteroatoms. The fourth-order valence-electron chi connectivity index (χ4n) is 2.40. The Bertz CT molecular complexity index is 933. The Labute approximate surface area is 158 Å². The minimum Gasteiger partial charge on any atom is -0.468 e. The molecule has 0 bridgehead atoms. The van der Waals surface area contributed by atoms with Crippen molar-refractivity contribution in [2.24, 2.45) is 0 Å². The number of sulfone groups is 1. The molecular weight excluding hydrogens is 368 g/mol. The lowest BCUT2D eigenvalue weighted by Crippen LogP contribution is -2.42. The number of carbonyl (C=O) groups is 2. The molecular formula is C19H22N2O5S. The summed E-state index contributed by atoms with van der Waals surface area (Å²) >= 11 is 0. The first-order valence-corrected chi connectivity index (χ1v) is 9.83. The Hall–Kier alpha value is -2.87. The number of hydrogen-bond acceptors (Lipinski definition) is 5. The molecule has 2 rings (SSSR count). The fourth-order valence-corrected chi connectivity index (χ4v) is 4.07. The standard InChI is InChI=1S/C19H22N2O5S/c1-4-9-20-18(22)19(23)21-12-17(16-6-5-10-26-16)27(24,25)15-8-7-13(2)14(3)11-15/h4-8,10-11,17H,1,9,12H2,2-3H3,(H,20,22)(H,21,23)/t17-/m0/s1. The Morgan fingerprint density at radius 1 is 1.15 bits per heavy atom. The molecule has 0 fully saturated rings. The van der Waals surface area contributed by atoms with Gasteiger partial charge in [-0.2, -0.15) is 0 Å². The van der Waals surface area contributed by atoms with Crippen molar-refractivity contribution in [2.75, 3.05) is 13.1 Å². The van der Waals surface area contributed by atoms with Gasteiger partial charge in [0.25, 0.3) is 0 Å². The van der Waals surface area contributed by atoms with Gasteiger partial charge in [0, 0.05) is 13.1 Å². The minimum atomic E-state index is -3.86. The maximum atomic E-state index is 13.1. The van der Waals surface area contributed by atoms with Crippen LogP contribution in [0.25, 0.3) is 0 Å². The van der Waals surface area contributed by atoms with Crippen molar-refractivity contribution in [1.82, 2.24) is 10.6 Å². The largest absolute Gasteiger partial charge is 0.468 e. The Morgan fingerprint density at radius 2 is 1.85 bits per heavy atom. The van der Waals surface area contributed by atoms with Crippen molar-refractivity contribution in [2.45, 2.75) is 24.0 Å². The second-order valence-electron chi connectivity index (χ2n) is 6.00. The second kappa shape index (κ2) is 8.68. The SMILES string of the molecule is C=CCNC(=O)C(=O)NC[C@@H](c1ccco1)S(=O)(=O)c1ccc(C)c(C)c1. The predicted octanol–water partition coefficient (Wildman–Crippen LogP) is 1.83. The number of hydrogen-bond donors (Lipinski definition) is 2. The summed E-state index contributed by atoms with van der Waals surface area (Å²) in [5.41, 5.74) is 1.80. The Kier molecular flexibility index (Phi) is 6.57. The van der Waals surface area contributed by atoms with Gasteiger partial charge in [-0.05, 0) is 49.2 Å². The van der Waals surface area contributed by atoms with E-state index in [2.05, 4.69) is 17.2 Å². The summed E-state index contributed by atoms with van der Waals surface area (Å²) in [6.07, 6.45) is 2.79. The van der Waals surface area contributed by atoms with E-state index in [1.165, 1.54) is 24.5 Å². The van der Waals surface area contributed by atoms with Gasteiger partial charge in [0.1, 0.15) is 11.0 Å². The van der Waals surface area contributed by atoms with Crippen LogP contribution in [-0.2, 0) is 19.4 Å². The normalized spacial score (nSPS) is 12.2. The van der Waals surface area contributed by atoms with Crippen LogP contribution >= 0.6 is 0 Å². The third-order valence-corrected chi connectivity index (χ3v) is 6.16. The van der Waals surface area contributed by atoms with E-state index in [0.29, 0.717) is 0 Å². The lowest BCUT2D eigenvalue weighted by molar-refractivity contribution is -0.139. The minimum absolute atomic E-state index is 0.123. The van der Waals surface area contributed by atoms with Crippen LogP contribution in [0.4, 0.5) is 0 Å². The van der Waals surface area contributed by atoms with Gasteiger partial charge in [0.15, 0.2) is 9.84 Å². The predicted molar refractivity (Wildman–Crippen MR) is 101 cm³/mol. The molecule has 1 aromatic carbocycles. The van der Waals surface area contributed by atoms with Gasteiger partial charge in [-0.15, -0.1) is 6.58 Å². The molecule has 2 aromatic rings. The van der Waals surface area contributed by atoms with Crippen molar-refractivity contribution < 1.29 is 22.4 Å². The number of amides is 2. The average Bonchev–Trinajstić information content (AvgIpc) is 3.15. The molecule has 0 radical (unpaired) electrons. The number of nitrogens with one attached hydrogen (secondary N) is 2. The van der Waals surface area contributed by atoms with E-state index in [0.717, 1.165) is 11.1 Å². The van der Waals surface area contributed by atoms with Crippen molar-refractivity contribution in [3.63, 3.8) is 0 Å². The van der Waals surface area contributed by atoms with Gasteiger partial charge in [0.05, 0.1) is 11.2 Å². The molecule has 0 unspecified atom stereocenters. The molecule has 2 amide bonds. The molecule has 2 N–H and O–H groups in total. The quantitative estimate of drug-likeness (QED) is 0.554. The van der Waals surface area contributed by atoms with Gasteiger partial charge in [-0.3, -0.25) is 9.59 Å². The number of carbonyl (C=O) groups excluding carboxylic acids is 2. The van der Waals surface area contributed by atoms with E-state index < -0.39 is 26.9 Å². The zero-order valence-electron chi connectivity index (χ0n) is 15.2. The summed E-state index contributed by atoms with van der Waals surface area (Å²) in [6, 6.07) is 7.91. The summed E-state index contributed by atoms with van der Waals surface area (Å²) in [7, 11) is -3.86. The highest BCUT2D eigenvalue weighted by atomic mass is 32.2. The van der Waals surface area contributed by atoms with Crippen molar-refractivity contribution in [3.05, 3.63) is 66.1 Å². The summed E-state index contributed by atoms with van der Waals surface area (Å²) in [6.45, 7) is 6.98. The van der Waals surface area contributed by atoms with Crippen LogP contribution in [0, 0.1) is 13.8 Å². The van der Waals surface area contributed by atoms with Gasteiger partial charge in [0.2, 0.25) is 0 Å². The van der Waals surface area contributed by atoms with Gasteiger partial charge >= 0.3 is 11.8 Å². The van der Waals surface area contributed by atoms with Gasteiger partial charge < -0.3 is 15.1 Å². The zero-order chi connectivity index (χ0) is 20.0. The van der Waals surface area contributed by atoms with Crippen LogP contribution in [0.5, 0.6) is 0 Å². The highest BCUT2D eigenvalue weighted by Crippen LogP contribution is 2.29. The van der Waals surface area contributed by atoms with Crippen molar-refractivity contribution in [3.8, 4) is 0 Å². The molecule has 7 nitrogen and oxygen atoms in total. The third-order valence-electron chi connectivity index (χ3n) is 4.10. The van der Waals surface area contributed by atoms with Crippen LogP contribution in [0.1, 0.15) is 22.1 Å². The first kappa shape index (κ1) is 20.4. The summed E-state index contributed by atoms with van der Waals surface area (Å²) in [5.74, 6) is -1.61. The van der Waals surface area contributed by atoms with E-state index >= 15 is 0 Å². The lowest BCUT2D eigenvalue weighted by atomic mass is 10.1. The smallest absolute Gasteiger partial charge is 0.309 e. The van der Waals surface area contributed by atoms with E-state index in [-0.39, 0.29) is 23.7 Å². The van der Waals surface area contributed by atoms with Gasteiger partial charge in [-0.1, -0.05) is 12.1 Å². The maximum absolute atomic E-state index is 13.1. The molecule has 1 heterocycles. The second-order valence-corrected chi connectivity index (χ2v) is 8.13. The molecule has 0 aliphatic heterocycles. The summed E-state index contributed by atoms with van der Waals surface area (Å²) in [5, 5.41) is 3.53. The number of aryl methyl sites for hydroxylation is 2. The number of benzene rings is 1. The van der Waals surface area contributed by atoms with Crippen LogP contribution in [0.3, 0.4) is 0 Å². The van der Waals surface area contributed by atoms with E-state index in [1.807, 2.05) is 13.8 Å². The van der Waals surface area contributed by atoms with Crippen LogP contribution in [-0.4, -0.2) is 33.3 Å². The molecule has 0 saturated heterocycles. The van der Waals surface area contributed by atoms with Crippen LogP contribution < -0.4 is 10.6 Å². The highest BCUT2D eigenvalue weighted by molar-refractivity contribution is 7.91. The molecule has 144 valence electrons.